The largest absolute Gasteiger partial charge is 0.497 e. The molecule has 8 nitrogen and oxygen atoms in total. The Morgan fingerprint density at radius 2 is 1.71 bits per heavy atom. The number of piperazine rings is 1. The highest BCUT2D eigenvalue weighted by Gasteiger charge is 2.42. The van der Waals surface area contributed by atoms with Gasteiger partial charge in [0.15, 0.2) is 0 Å². The fourth-order valence-electron chi connectivity index (χ4n) is 5.39. The first kappa shape index (κ1) is 27.9. The number of rotatable bonds is 7. The molecule has 1 saturated heterocycles. The Labute approximate surface area is 222 Å². The van der Waals surface area contributed by atoms with Crippen molar-refractivity contribution in [2.24, 2.45) is 18.9 Å². The number of nitrogens with zero attached hydrogens (tertiary/aromatic N) is 3. The van der Waals surface area contributed by atoms with Crippen molar-refractivity contribution < 1.29 is 27.9 Å². The summed E-state index contributed by atoms with van der Waals surface area (Å²) in [6, 6.07) is 6.68. The Bertz CT molecular complexity index is 1180. The predicted octanol–water partition coefficient (Wildman–Crippen LogP) is 3.83. The fourth-order valence-corrected chi connectivity index (χ4v) is 5.39. The molecule has 2 aliphatic rings. The number of aryl methyl sites for hydroxylation is 1. The third-order valence-corrected chi connectivity index (χ3v) is 8.21. The molecule has 0 radical (unpaired) electrons. The predicted molar refractivity (Wildman–Crippen MR) is 140 cm³/mol. The van der Waals surface area contributed by atoms with Crippen LogP contribution in [-0.4, -0.2) is 77.3 Å². The number of hydrogen-bond acceptors (Lipinski definition) is 4. The van der Waals surface area contributed by atoms with Gasteiger partial charge in [0.1, 0.15) is 17.5 Å². The molecule has 1 aliphatic heterocycles. The van der Waals surface area contributed by atoms with Gasteiger partial charge in [0.2, 0.25) is 17.7 Å². The number of aromatic nitrogens is 1. The molecule has 0 spiro atoms. The number of hydrogen-bond donors (Lipinski definition) is 1. The molecule has 208 valence electrons. The monoisotopic (exact) mass is 532 g/mol. The van der Waals surface area contributed by atoms with E-state index in [1.165, 1.54) is 0 Å². The smallest absolute Gasteiger partial charge is 0.270 e. The van der Waals surface area contributed by atoms with Gasteiger partial charge in [-0.25, -0.2) is 8.78 Å². The molecular formula is C28H38F2N4O4. The quantitative estimate of drug-likeness (QED) is 0.588. The molecule has 1 aromatic heterocycles. The van der Waals surface area contributed by atoms with Crippen LogP contribution in [0, 0.1) is 11.8 Å². The molecule has 0 bridgehead atoms. The van der Waals surface area contributed by atoms with Crippen molar-refractivity contribution in [3.63, 3.8) is 0 Å². The number of amides is 3. The maximum absolute atomic E-state index is 13.8. The molecule has 1 N–H and O–H groups in total. The van der Waals surface area contributed by atoms with Gasteiger partial charge in [-0.3, -0.25) is 14.4 Å². The van der Waals surface area contributed by atoms with Crippen LogP contribution < -0.4 is 10.1 Å². The van der Waals surface area contributed by atoms with E-state index in [0.29, 0.717) is 44.0 Å². The average molecular weight is 533 g/mol. The molecule has 1 saturated carbocycles. The average Bonchev–Trinajstić information content (AvgIpc) is 3.26. The van der Waals surface area contributed by atoms with Gasteiger partial charge in [-0.15, -0.1) is 0 Å². The number of methoxy groups -OCH3 is 1. The highest BCUT2D eigenvalue weighted by Crippen LogP contribution is 2.38. The summed E-state index contributed by atoms with van der Waals surface area (Å²) in [5.41, 5.74) is 1.44. The second kappa shape index (κ2) is 11.3. The van der Waals surface area contributed by atoms with Gasteiger partial charge >= 0.3 is 0 Å². The lowest BCUT2D eigenvalue weighted by molar-refractivity contribution is -0.141. The standard InChI is InChI=1S/C28H38F2N4O4/c1-5-18(2)25(35)31-24(19-8-10-28(29,30)11-9-19)27(37)34-14-12-33(13-15-34)26(36)23-16-20-6-7-21(38-4)17-22(20)32(23)3/h6-7,16-19,24H,5,8-15H2,1-4H3,(H,31,35)/t18-,24+/m1/s1. The fraction of sp³-hybridized carbons (Fsp3) is 0.607. The highest BCUT2D eigenvalue weighted by atomic mass is 19.3. The van der Waals surface area contributed by atoms with Crippen LogP contribution in [0.5, 0.6) is 5.75 Å². The maximum atomic E-state index is 13.8. The van der Waals surface area contributed by atoms with E-state index >= 15 is 0 Å². The number of carbonyl (C=O) groups is 3. The lowest BCUT2D eigenvalue weighted by atomic mass is 9.81. The number of benzene rings is 1. The van der Waals surface area contributed by atoms with Crippen molar-refractivity contribution in [1.29, 1.82) is 0 Å². The second-order valence-electron chi connectivity index (χ2n) is 10.6. The molecule has 2 heterocycles. The van der Waals surface area contributed by atoms with Crippen LogP contribution in [0.4, 0.5) is 8.78 Å². The Morgan fingerprint density at radius 1 is 1.08 bits per heavy atom. The van der Waals surface area contributed by atoms with E-state index in [1.807, 2.05) is 42.8 Å². The van der Waals surface area contributed by atoms with Crippen molar-refractivity contribution >= 4 is 28.6 Å². The number of nitrogens with one attached hydrogen (secondary N) is 1. The lowest BCUT2D eigenvalue weighted by Gasteiger charge is -2.39. The van der Waals surface area contributed by atoms with Gasteiger partial charge in [-0.1, -0.05) is 13.8 Å². The molecule has 1 aliphatic carbocycles. The molecule has 10 heteroatoms. The zero-order chi connectivity index (χ0) is 27.6. The minimum atomic E-state index is -2.72. The molecule has 2 aromatic rings. The van der Waals surface area contributed by atoms with E-state index in [1.54, 1.807) is 23.8 Å². The summed E-state index contributed by atoms with van der Waals surface area (Å²) >= 11 is 0. The number of carbonyl (C=O) groups excluding carboxylic acids is 3. The summed E-state index contributed by atoms with van der Waals surface area (Å²) in [4.78, 5) is 43.0. The van der Waals surface area contributed by atoms with Gasteiger partial charge in [0, 0.05) is 63.4 Å². The van der Waals surface area contributed by atoms with Crippen LogP contribution >= 0.6 is 0 Å². The van der Waals surface area contributed by atoms with Crippen molar-refractivity contribution in [3.05, 3.63) is 30.0 Å². The molecule has 2 atom stereocenters. The summed E-state index contributed by atoms with van der Waals surface area (Å²) in [6.07, 6.45) is 0.444. The van der Waals surface area contributed by atoms with Crippen LogP contribution in [0.1, 0.15) is 56.4 Å². The lowest BCUT2D eigenvalue weighted by Crippen LogP contribution is -2.58. The zero-order valence-corrected chi connectivity index (χ0v) is 22.6. The molecule has 4 rings (SSSR count). The minimum absolute atomic E-state index is 0.120. The molecule has 1 aromatic carbocycles. The molecule has 0 unspecified atom stereocenters. The van der Waals surface area contributed by atoms with Crippen LogP contribution in [0.3, 0.4) is 0 Å². The van der Waals surface area contributed by atoms with Crippen molar-refractivity contribution in [2.45, 2.75) is 57.9 Å². The van der Waals surface area contributed by atoms with Gasteiger partial charge in [0.05, 0.1) is 12.6 Å². The second-order valence-corrected chi connectivity index (χ2v) is 10.6. The summed E-state index contributed by atoms with van der Waals surface area (Å²) in [6.45, 7) is 5.03. The number of halogens is 2. The number of ether oxygens (including phenoxy) is 1. The minimum Gasteiger partial charge on any atom is -0.497 e. The van der Waals surface area contributed by atoms with E-state index in [0.717, 1.165) is 10.9 Å². The van der Waals surface area contributed by atoms with Crippen LogP contribution in [0.15, 0.2) is 24.3 Å². The van der Waals surface area contributed by atoms with E-state index in [2.05, 4.69) is 5.32 Å². The normalized spacial score (nSPS) is 19.7. The number of alkyl halides is 2. The Morgan fingerprint density at radius 3 is 2.32 bits per heavy atom. The molecule has 2 fully saturated rings. The first-order valence-corrected chi connectivity index (χ1v) is 13.4. The van der Waals surface area contributed by atoms with Gasteiger partial charge in [0.25, 0.3) is 5.91 Å². The van der Waals surface area contributed by atoms with Crippen LogP contribution in [-0.2, 0) is 16.6 Å². The van der Waals surface area contributed by atoms with Gasteiger partial charge < -0.3 is 24.4 Å². The van der Waals surface area contributed by atoms with Crippen molar-refractivity contribution in [2.75, 3.05) is 33.3 Å². The van der Waals surface area contributed by atoms with Crippen molar-refractivity contribution in [3.8, 4) is 5.75 Å². The highest BCUT2D eigenvalue weighted by molar-refractivity contribution is 5.99. The molecular weight excluding hydrogens is 494 g/mol. The van der Waals surface area contributed by atoms with Gasteiger partial charge in [-0.2, -0.15) is 0 Å². The molecule has 38 heavy (non-hydrogen) atoms. The third kappa shape index (κ3) is 5.78. The van der Waals surface area contributed by atoms with Crippen LogP contribution in [0.2, 0.25) is 0 Å². The Balaban J connectivity index is 1.44. The maximum Gasteiger partial charge on any atom is 0.270 e. The van der Waals surface area contributed by atoms with E-state index in [9.17, 15) is 23.2 Å². The Kier molecular flexibility index (Phi) is 8.28. The van der Waals surface area contributed by atoms with E-state index in [-0.39, 0.29) is 55.2 Å². The van der Waals surface area contributed by atoms with E-state index in [4.69, 9.17) is 4.74 Å². The van der Waals surface area contributed by atoms with Crippen LogP contribution in [0.25, 0.3) is 10.9 Å². The third-order valence-electron chi connectivity index (χ3n) is 8.21. The Hall–Kier alpha value is -3.17. The number of fused-ring (bicyclic) bond motifs is 1. The summed E-state index contributed by atoms with van der Waals surface area (Å²) in [7, 11) is 3.44. The van der Waals surface area contributed by atoms with E-state index < -0.39 is 12.0 Å². The van der Waals surface area contributed by atoms with Gasteiger partial charge in [-0.05, 0) is 43.4 Å². The topological polar surface area (TPSA) is 83.9 Å². The zero-order valence-electron chi connectivity index (χ0n) is 22.6. The SMILES string of the molecule is CC[C@@H](C)C(=O)N[C@H](C(=O)N1CCN(C(=O)c2cc3ccc(OC)cc3n2C)CC1)C1CCC(F)(F)CC1. The summed E-state index contributed by atoms with van der Waals surface area (Å²) in [5.74, 6) is -3.21. The molecule has 3 amide bonds. The first-order valence-electron chi connectivity index (χ1n) is 13.4. The van der Waals surface area contributed by atoms with Crippen molar-refractivity contribution in [1.82, 2.24) is 19.7 Å². The summed E-state index contributed by atoms with van der Waals surface area (Å²) < 4.78 is 34.8. The summed E-state index contributed by atoms with van der Waals surface area (Å²) in [5, 5.41) is 3.82. The first-order chi connectivity index (χ1) is 18.0.